The molecular formula is C22H35N4O8P. The summed E-state index contributed by atoms with van der Waals surface area (Å²) in [5.74, 6) is -1.93. The SMILES string of the molecule is CCC[C@H](NC(=O)CN(C)C(=O)OCc1ccccc1)C(=O)N[C@@H](CCC)C(=O)NCP(=O)(O)O. The van der Waals surface area contributed by atoms with E-state index < -0.39 is 49.8 Å². The Bertz CT molecular complexity index is 893. The highest BCUT2D eigenvalue weighted by Crippen LogP contribution is 2.31. The van der Waals surface area contributed by atoms with Crippen LogP contribution in [0.15, 0.2) is 30.3 Å². The summed E-state index contributed by atoms with van der Waals surface area (Å²) in [6.07, 6.45) is 0.0456. The first-order valence-electron chi connectivity index (χ1n) is 11.3. The van der Waals surface area contributed by atoms with Crippen LogP contribution in [0.25, 0.3) is 0 Å². The summed E-state index contributed by atoms with van der Waals surface area (Å²) in [5.41, 5.74) is 0.796. The number of hydrogen-bond acceptors (Lipinski definition) is 6. The van der Waals surface area contributed by atoms with Crippen molar-refractivity contribution in [3.8, 4) is 0 Å². The van der Waals surface area contributed by atoms with Gasteiger partial charge in [0.1, 0.15) is 31.5 Å². The summed E-state index contributed by atoms with van der Waals surface area (Å²) < 4.78 is 16.2. The highest BCUT2D eigenvalue weighted by Gasteiger charge is 2.27. The molecule has 4 amide bonds. The lowest BCUT2D eigenvalue weighted by Crippen LogP contribution is -2.54. The van der Waals surface area contributed by atoms with E-state index in [1.54, 1.807) is 19.1 Å². The molecule has 5 N–H and O–H groups in total. The largest absolute Gasteiger partial charge is 0.445 e. The molecule has 0 unspecified atom stereocenters. The minimum Gasteiger partial charge on any atom is -0.445 e. The van der Waals surface area contributed by atoms with Gasteiger partial charge < -0.3 is 35.4 Å². The fourth-order valence-corrected chi connectivity index (χ4v) is 3.40. The lowest BCUT2D eigenvalue weighted by Gasteiger charge is -2.24. The van der Waals surface area contributed by atoms with Gasteiger partial charge in [-0.05, 0) is 18.4 Å². The van der Waals surface area contributed by atoms with Crippen molar-refractivity contribution in [2.24, 2.45) is 0 Å². The van der Waals surface area contributed by atoms with Crippen LogP contribution in [-0.2, 0) is 30.3 Å². The molecule has 1 aromatic rings. The van der Waals surface area contributed by atoms with Crippen LogP contribution in [0.4, 0.5) is 4.79 Å². The number of carbonyl (C=O) groups is 4. The average molecular weight is 515 g/mol. The molecule has 0 saturated carbocycles. The lowest BCUT2D eigenvalue weighted by atomic mass is 10.1. The molecule has 2 atom stereocenters. The number of carbonyl (C=O) groups excluding carboxylic acids is 4. The average Bonchev–Trinajstić information content (AvgIpc) is 2.80. The first-order valence-corrected chi connectivity index (χ1v) is 13.1. The predicted molar refractivity (Wildman–Crippen MR) is 128 cm³/mol. The summed E-state index contributed by atoms with van der Waals surface area (Å²) >= 11 is 0. The van der Waals surface area contributed by atoms with Crippen molar-refractivity contribution in [3.63, 3.8) is 0 Å². The molecule has 1 aromatic carbocycles. The van der Waals surface area contributed by atoms with Gasteiger partial charge in [0.2, 0.25) is 17.7 Å². The van der Waals surface area contributed by atoms with E-state index in [9.17, 15) is 23.7 Å². The standard InChI is InChI=1S/C22H35N4O8P/c1-4-9-17(20(28)23-15-35(31,32)33)25-21(29)18(10-5-2)24-19(27)13-26(3)22(30)34-14-16-11-7-6-8-12-16/h6-8,11-12,17-18H,4-5,9-10,13-15H2,1-3H3,(H,23,28)(H,24,27)(H,25,29)(H2,31,32,33)/t17-,18-/m0/s1. The van der Waals surface area contributed by atoms with E-state index in [4.69, 9.17) is 14.5 Å². The third-order valence-electron chi connectivity index (χ3n) is 4.80. The minimum atomic E-state index is -4.45. The van der Waals surface area contributed by atoms with Gasteiger partial charge >= 0.3 is 13.7 Å². The van der Waals surface area contributed by atoms with E-state index in [-0.39, 0.29) is 26.0 Å². The summed E-state index contributed by atoms with van der Waals surface area (Å²) in [6, 6.07) is 7.07. The Morgan fingerprint density at radius 2 is 1.54 bits per heavy atom. The number of nitrogens with zero attached hydrogens (tertiary/aromatic N) is 1. The highest BCUT2D eigenvalue weighted by atomic mass is 31.2. The zero-order valence-corrected chi connectivity index (χ0v) is 21.1. The van der Waals surface area contributed by atoms with Crippen molar-refractivity contribution in [2.45, 2.75) is 58.2 Å². The van der Waals surface area contributed by atoms with Crippen LogP contribution in [0.5, 0.6) is 0 Å². The third kappa shape index (κ3) is 12.4. The van der Waals surface area contributed by atoms with Crippen molar-refractivity contribution in [1.82, 2.24) is 20.9 Å². The molecule has 0 heterocycles. The molecule has 0 aliphatic heterocycles. The van der Waals surface area contributed by atoms with Crippen LogP contribution < -0.4 is 16.0 Å². The first-order chi connectivity index (χ1) is 16.5. The molecule has 0 aliphatic rings. The van der Waals surface area contributed by atoms with Crippen LogP contribution in [0.3, 0.4) is 0 Å². The van der Waals surface area contributed by atoms with Gasteiger partial charge in [0.25, 0.3) is 0 Å². The normalized spacial score (nSPS) is 12.7. The zero-order chi connectivity index (χ0) is 26.4. The van der Waals surface area contributed by atoms with Crippen molar-refractivity contribution in [3.05, 3.63) is 35.9 Å². The first kappa shape index (κ1) is 30.1. The lowest BCUT2D eigenvalue weighted by molar-refractivity contribution is -0.132. The fraction of sp³-hybridized carbons (Fsp3) is 0.545. The number of rotatable bonds is 14. The smallest absolute Gasteiger partial charge is 0.410 e. The van der Waals surface area contributed by atoms with Crippen LogP contribution in [0, 0.1) is 0 Å². The maximum Gasteiger partial charge on any atom is 0.410 e. The van der Waals surface area contributed by atoms with E-state index in [2.05, 4.69) is 16.0 Å². The predicted octanol–water partition coefficient (Wildman–Crippen LogP) is 1.08. The van der Waals surface area contributed by atoms with E-state index in [1.165, 1.54) is 7.05 Å². The maximum atomic E-state index is 12.8. The van der Waals surface area contributed by atoms with Crippen molar-refractivity contribution in [1.29, 1.82) is 0 Å². The van der Waals surface area contributed by atoms with Gasteiger partial charge in [-0.2, -0.15) is 0 Å². The number of likely N-dealkylation sites (N-methyl/N-ethyl adjacent to an activating group) is 1. The molecular weight excluding hydrogens is 479 g/mol. The van der Waals surface area contributed by atoms with E-state index in [1.807, 2.05) is 25.1 Å². The number of nitrogens with one attached hydrogen (secondary N) is 3. The molecule has 0 saturated heterocycles. The number of benzene rings is 1. The van der Waals surface area contributed by atoms with Gasteiger partial charge in [0.05, 0.1) is 0 Å². The van der Waals surface area contributed by atoms with Crippen LogP contribution in [-0.4, -0.2) is 70.5 Å². The van der Waals surface area contributed by atoms with Gasteiger partial charge in [-0.3, -0.25) is 18.9 Å². The molecule has 13 heteroatoms. The van der Waals surface area contributed by atoms with E-state index >= 15 is 0 Å². The van der Waals surface area contributed by atoms with Gasteiger partial charge in [-0.1, -0.05) is 57.0 Å². The second kappa shape index (κ2) is 15.1. The summed E-state index contributed by atoms with van der Waals surface area (Å²) in [4.78, 5) is 68.7. The van der Waals surface area contributed by atoms with Crippen LogP contribution in [0.2, 0.25) is 0 Å². The molecule has 0 bridgehead atoms. The Balaban J connectivity index is 2.66. The van der Waals surface area contributed by atoms with Crippen molar-refractivity contribution < 1.29 is 38.3 Å². The summed E-state index contributed by atoms with van der Waals surface area (Å²) in [5, 5.41) is 7.22. The molecule has 0 fully saturated rings. The third-order valence-corrected chi connectivity index (χ3v) is 5.37. The summed E-state index contributed by atoms with van der Waals surface area (Å²) in [7, 11) is -3.06. The number of amides is 4. The molecule has 0 aliphatic carbocycles. The monoisotopic (exact) mass is 514 g/mol. The number of ether oxygens (including phenoxy) is 1. The van der Waals surface area contributed by atoms with Crippen LogP contribution >= 0.6 is 7.60 Å². The molecule has 12 nitrogen and oxygen atoms in total. The minimum absolute atomic E-state index is 0.0510. The zero-order valence-electron chi connectivity index (χ0n) is 20.2. The van der Waals surface area contributed by atoms with Crippen molar-refractivity contribution >= 4 is 31.4 Å². The maximum absolute atomic E-state index is 12.8. The Morgan fingerprint density at radius 3 is 2.09 bits per heavy atom. The number of hydrogen-bond donors (Lipinski definition) is 5. The van der Waals surface area contributed by atoms with Crippen LogP contribution in [0.1, 0.15) is 45.1 Å². The van der Waals surface area contributed by atoms with Crippen molar-refractivity contribution in [2.75, 3.05) is 19.9 Å². The quantitative estimate of drug-likeness (QED) is 0.229. The fourth-order valence-electron chi connectivity index (χ4n) is 3.04. The molecule has 1 rings (SSSR count). The molecule has 0 aromatic heterocycles. The van der Waals surface area contributed by atoms with Gasteiger partial charge in [0, 0.05) is 7.05 Å². The second-order valence-electron chi connectivity index (χ2n) is 8.02. The molecule has 0 spiro atoms. The van der Waals surface area contributed by atoms with E-state index in [0.29, 0.717) is 12.8 Å². The Kier molecular flexibility index (Phi) is 13.0. The Morgan fingerprint density at radius 1 is 0.971 bits per heavy atom. The van der Waals surface area contributed by atoms with Gasteiger partial charge in [-0.25, -0.2) is 4.79 Å². The second-order valence-corrected chi connectivity index (χ2v) is 9.66. The molecule has 0 radical (unpaired) electrons. The molecule has 35 heavy (non-hydrogen) atoms. The summed E-state index contributed by atoms with van der Waals surface area (Å²) in [6.45, 7) is 3.31. The Labute approximate surface area is 204 Å². The Hall–Kier alpha value is -2.95. The molecule has 196 valence electrons. The van der Waals surface area contributed by atoms with E-state index in [0.717, 1.165) is 10.5 Å². The van der Waals surface area contributed by atoms with Gasteiger partial charge in [0.15, 0.2) is 0 Å². The highest BCUT2D eigenvalue weighted by molar-refractivity contribution is 7.51. The van der Waals surface area contributed by atoms with Gasteiger partial charge in [-0.15, -0.1) is 0 Å². The topological polar surface area (TPSA) is 174 Å².